The van der Waals surface area contributed by atoms with Crippen LogP contribution in [0.25, 0.3) is 11.1 Å². The number of halogens is 6. The molecule has 0 spiro atoms. The summed E-state index contributed by atoms with van der Waals surface area (Å²) in [5.41, 5.74) is 5.38. The van der Waals surface area contributed by atoms with E-state index in [1.54, 1.807) is 0 Å². The van der Waals surface area contributed by atoms with E-state index in [9.17, 15) is 0 Å². The van der Waals surface area contributed by atoms with Gasteiger partial charge in [0.15, 0.2) is 34.9 Å². The van der Waals surface area contributed by atoms with Crippen LogP contribution in [0.15, 0.2) is 0 Å². The van der Waals surface area contributed by atoms with Crippen molar-refractivity contribution in [3.8, 4) is 57.0 Å². The molecule has 0 aliphatic rings. The van der Waals surface area contributed by atoms with E-state index < -0.39 is 101 Å². The molecule has 0 aliphatic heterocycles. The molecule has 0 radical (unpaired) electrons. The van der Waals surface area contributed by atoms with Crippen LogP contribution in [0.2, 0.25) is 78.6 Å². The molecule has 0 nitrogen and oxygen atoms in total. The maximum absolute atomic E-state index is 16.1. The van der Waals surface area contributed by atoms with Gasteiger partial charge in [0.1, 0.15) is 32.3 Å². The van der Waals surface area contributed by atoms with E-state index in [1.165, 1.54) is 0 Å². The molecule has 0 heterocycles. The number of hydrogen-bond donors (Lipinski definition) is 0. The van der Waals surface area contributed by atoms with Crippen LogP contribution < -0.4 is 0 Å². The lowest BCUT2D eigenvalue weighted by Crippen LogP contribution is -2.18. The fourth-order valence-electron chi connectivity index (χ4n) is 3.21. The highest BCUT2D eigenvalue weighted by Gasteiger charge is 2.33. The second-order valence-corrected chi connectivity index (χ2v) is 33.1. The first kappa shape index (κ1) is 35.3. The lowest BCUT2D eigenvalue weighted by atomic mass is 9.93. The molecule has 2 aromatic carbocycles. The van der Waals surface area contributed by atoms with Crippen LogP contribution in [0.3, 0.4) is 0 Å². The van der Waals surface area contributed by atoms with Crippen molar-refractivity contribution in [1.82, 2.24) is 0 Å². The summed E-state index contributed by atoms with van der Waals surface area (Å²) in [6, 6.07) is 0. The molecule has 10 heteroatoms. The zero-order valence-electron chi connectivity index (χ0n) is 26.3. The lowest BCUT2D eigenvalue weighted by Gasteiger charge is -2.16. The van der Waals surface area contributed by atoms with Crippen molar-refractivity contribution < 1.29 is 26.3 Å². The Bertz CT molecular complexity index is 1440. The van der Waals surface area contributed by atoms with Crippen LogP contribution in [-0.2, 0) is 0 Å². The van der Waals surface area contributed by atoms with Crippen LogP contribution in [0.5, 0.6) is 0 Å². The molecular weight excluding hydrogens is 611 g/mol. The second-order valence-electron chi connectivity index (χ2n) is 14.1. The van der Waals surface area contributed by atoms with Gasteiger partial charge in [-0.1, -0.05) is 102 Å². The fraction of sp³-hybridized carbons (Fsp3) is 0.375. The highest BCUT2D eigenvalue weighted by atomic mass is 28.3. The quantitative estimate of drug-likeness (QED) is 0.165. The highest BCUT2D eigenvalue weighted by molar-refractivity contribution is 6.85. The molecule has 0 aliphatic carbocycles. The van der Waals surface area contributed by atoms with E-state index in [-0.39, 0.29) is 0 Å². The minimum atomic E-state index is -2.21. The van der Waals surface area contributed by atoms with Gasteiger partial charge in [0.2, 0.25) is 0 Å². The van der Waals surface area contributed by atoms with Crippen molar-refractivity contribution in [2.24, 2.45) is 0 Å². The fourth-order valence-corrected chi connectivity index (χ4v) is 5.21. The topological polar surface area (TPSA) is 0 Å². The summed E-state index contributed by atoms with van der Waals surface area (Å²) in [5.74, 6) is 0.632. The Kier molecular flexibility index (Phi) is 10.4. The van der Waals surface area contributed by atoms with Gasteiger partial charge in [0.25, 0.3) is 0 Å². The first-order valence-electron chi connectivity index (χ1n) is 13.4. The summed E-state index contributed by atoms with van der Waals surface area (Å²) in [5, 5.41) is 0. The monoisotopic (exact) mass is 646 g/mol. The molecular formula is C32H36F6Si4. The first-order valence-corrected chi connectivity index (χ1v) is 27.4. The van der Waals surface area contributed by atoms with Gasteiger partial charge >= 0.3 is 0 Å². The third kappa shape index (κ3) is 9.06. The normalized spacial score (nSPS) is 11.8. The maximum atomic E-state index is 16.1. The molecule has 2 rings (SSSR count). The van der Waals surface area contributed by atoms with Crippen molar-refractivity contribution in [2.45, 2.75) is 78.6 Å². The summed E-state index contributed by atoms with van der Waals surface area (Å²) in [4.78, 5) is 0. The Morgan fingerprint density at radius 3 is 0.619 bits per heavy atom. The predicted octanol–water partition coefficient (Wildman–Crippen LogP) is 9.10. The van der Waals surface area contributed by atoms with Gasteiger partial charge in [-0.2, -0.15) is 0 Å². The summed E-state index contributed by atoms with van der Waals surface area (Å²) >= 11 is 0. The molecule has 0 atom stereocenters. The molecule has 0 aromatic heterocycles. The smallest absolute Gasteiger partial charge is 0.160 e. The highest BCUT2D eigenvalue weighted by Crippen LogP contribution is 2.39. The zero-order chi connectivity index (χ0) is 32.6. The van der Waals surface area contributed by atoms with Gasteiger partial charge in [-0.25, -0.2) is 26.3 Å². The lowest BCUT2D eigenvalue weighted by molar-refractivity contribution is 0.520. The van der Waals surface area contributed by atoms with E-state index in [1.807, 2.05) is 78.6 Å². The average molecular weight is 647 g/mol. The van der Waals surface area contributed by atoms with Crippen molar-refractivity contribution in [2.75, 3.05) is 0 Å². The molecule has 222 valence electrons. The van der Waals surface area contributed by atoms with Crippen molar-refractivity contribution in [3.05, 3.63) is 57.2 Å². The van der Waals surface area contributed by atoms with E-state index in [4.69, 9.17) is 0 Å². The summed E-state index contributed by atoms with van der Waals surface area (Å²) < 4.78 is 95.6. The minimum Gasteiger partial charge on any atom is -0.205 e. The molecule has 0 unspecified atom stereocenters. The van der Waals surface area contributed by atoms with E-state index in [0.29, 0.717) is 0 Å². The number of rotatable bonds is 1. The van der Waals surface area contributed by atoms with Crippen LogP contribution in [0.4, 0.5) is 26.3 Å². The molecule has 42 heavy (non-hydrogen) atoms. The Labute approximate surface area is 250 Å². The Morgan fingerprint density at radius 2 is 0.476 bits per heavy atom. The van der Waals surface area contributed by atoms with Crippen LogP contribution in [0, 0.1) is 80.8 Å². The average Bonchev–Trinajstić information content (AvgIpc) is 2.77. The van der Waals surface area contributed by atoms with E-state index in [0.717, 1.165) is 0 Å². The summed E-state index contributed by atoms with van der Waals surface area (Å²) in [7, 11) is -8.84. The molecule has 0 bridgehead atoms. The predicted molar refractivity (Wildman–Crippen MR) is 173 cm³/mol. The van der Waals surface area contributed by atoms with Crippen LogP contribution in [0.1, 0.15) is 22.3 Å². The van der Waals surface area contributed by atoms with E-state index >= 15 is 26.3 Å². The second kappa shape index (κ2) is 12.4. The first-order chi connectivity index (χ1) is 18.8. The molecule has 0 saturated carbocycles. The third-order valence-corrected chi connectivity index (χ3v) is 8.63. The van der Waals surface area contributed by atoms with Gasteiger partial charge in [0.05, 0.1) is 33.4 Å². The van der Waals surface area contributed by atoms with Crippen LogP contribution in [-0.4, -0.2) is 32.3 Å². The van der Waals surface area contributed by atoms with Crippen LogP contribution >= 0.6 is 0 Å². The number of hydrogen-bond acceptors (Lipinski definition) is 0. The van der Waals surface area contributed by atoms with Crippen molar-refractivity contribution >= 4 is 32.3 Å². The van der Waals surface area contributed by atoms with Gasteiger partial charge in [-0.15, -0.1) is 22.2 Å². The van der Waals surface area contributed by atoms with Gasteiger partial charge in [-0.3, -0.25) is 0 Å². The van der Waals surface area contributed by atoms with Crippen molar-refractivity contribution in [3.63, 3.8) is 0 Å². The standard InChI is InChI=1S/C32H36F6Si4/c1-39(2,3)17-13-21-27(33)22(14-18-40(4,5)6)30(36)25(29(21)35)26-31(37)23(15-19-41(7,8)9)28(34)24(32(26)38)16-20-42(10,11)12/h1-12H3. The third-order valence-electron chi connectivity index (χ3n) is 5.13. The van der Waals surface area contributed by atoms with Crippen molar-refractivity contribution in [1.29, 1.82) is 0 Å². The number of benzene rings is 2. The Hall–Kier alpha value is -2.87. The maximum Gasteiger partial charge on any atom is 0.160 e. The molecule has 0 fully saturated rings. The van der Waals surface area contributed by atoms with Gasteiger partial charge in [0, 0.05) is 0 Å². The Morgan fingerprint density at radius 1 is 0.310 bits per heavy atom. The minimum absolute atomic E-state index is 0.860. The summed E-state index contributed by atoms with van der Waals surface area (Å²) in [6.45, 7) is 22.0. The SMILES string of the molecule is C[Si](C)(C)C#Cc1c(F)c(C#C[Si](C)(C)C)c(F)c(-c2c(F)c(C#C[Si](C)(C)C)c(F)c(C#C[Si](C)(C)C)c2F)c1F. The Balaban J connectivity index is 3.32. The largest absolute Gasteiger partial charge is 0.205 e. The summed E-state index contributed by atoms with van der Waals surface area (Å²) in [6.07, 6.45) is 0. The van der Waals surface area contributed by atoms with Gasteiger partial charge < -0.3 is 0 Å². The molecule has 2 aromatic rings. The molecule has 0 amide bonds. The van der Waals surface area contributed by atoms with Gasteiger partial charge in [-0.05, 0) is 0 Å². The molecule has 0 N–H and O–H groups in total. The zero-order valence-corrected chi connectivity index (χ0v) is 30.3. The van der Waals surface area contributed by atoms with E-state index in [2.05, 4.69) is 45.9 Å². The molecule has 0 saturated heterocycles.